The molecule has 0 aliphatic heterocycles. The number of hydrogen-bond donors (Lipinski definition) is 1. The van der Waals surface area contributed by atoms with Gasteiger partial charge in [-0.25, -0.2) is 0 Å². The van der Waals surface area contributed by atoms with Crippen LogP contribution in [0.25, 0.3) is 0 Å². The molecule has 6 heteroatoms. The van der Waals surface area contributed by atoms with Crippen LogP contribution in [0, 0.1) is 18.3 Å². The third-order valence-electron chi connectivity index (χ3n) is 4.60. The van der Waals surface area contributed by atoms with Crippen LogP contribution in [0.5, 0.6) is 0 Å². The molecule has 1 amide bonds. The van der Waals surface area contributed by atoms with Crippen LogP contribution in [0.3, 0.4) is 0 Å². The molecule has 0 heterocycles. The summed E-state index contributed by atoms with van der Waals surface area (Å²) in [6.45, 7) is 1.89. The zero-order chi connectivity index (χ0) is 21.5. The van der Waals surface area contributed by atoms with Crippen molar-refractivity contribution < 1.29 is 4.79 Å². The van der Waals surface area contributed by atoms with Gasteiger partial charge in [-0.15, -0.1) is 11.8 Å². The standard InChI is InChI=1S/C24H20Cl2N2OS/c1-16-13-20(21(15-27)17-7-9-18(25)10-8-17)22(26)14-23(16)28-24(29)11-12-30-19-5-3-2-4-6-19/h2-10,13-14,21H,11-12H2,1H3,(H,28,29)/t21-/m0/s1. The molecule has 0 bridgehead atoms. The Kier molecular flexibility index (Phi) is 7.81. The van der Waals surface area contributed by atoms with Crippen molar-refractivity contribution in [1.82, 2.24) is 0 Å². The van der Waals surface area contributed by atoms with Gasteiger partial charge in [0, 0.05) is 32.8 Å². The van der Waals surface area contributed by atoms with Gasteiger partial charge in [0.05, 0.1) is 12.0 Å². The summed E-state index contributed by atoms with van der Waals surface area (Å²) in [6.07, 6.45) is 0.393. The highest BCUT2D eigenvalue weighted by Crippen LogP contribution is 2.34. The molecule has 3 nitrogen and oxygen atoms in total. The van der Waals surface area contributed by atoms with Crippen molar-refractivity contribution in [3.63, 3.8) is 0 Å². The van der Waals surface area contributed by atoms with Gasteiger partial charge in [-0.2, -0.15) is 5.26 Å². The van der Waals surface area contributed by atoms with E-state index >= 15 is 0 Å². The Morgan fingerprint density at radius 1 is 1.10 bits per heavy atom. The largest absolute Gasteiger partial charge is 0.326 e. The van der Waals surface area contributed by atoms with Gasteiger partial charge in [-0.1, -0.05) is 59.6 Å². The average molecular weight is 455 g/mol. The van der Waals surface area contributed by atoms with Gasteiger partial charge in [0.1, 0.15) is 0 Å². The zero-order valence-corrected chi connectivity index (χ0v) is 18.7. The van der Waals surface area contributed by atoms with E-state index in [1.807, 2.05) is 55.5 Å². The minimum absolute atomic E-state index is 0.0696. The molecule has 0 radical (unpaired) electrons. The van der Waals surface area contributed by atoms with E-state index in [-0.39, 0.29) is 5.91 Å². The van der Waals surface area contributed by atoms with Crippen LogP contribution in [0.4, 0.5) is 5.69 Å². The van der Waals surface area contributed by atoms with Gasteiger partial charge in [0.15, 0.2) is 0 Å². The monoisotopic (exact) mass is 454 g/mol. The number of rotatable bonds is 7. The second-order valence-electron chi connectivity index (χ2n) is 6.76. The van der Waals surface area contributed by atoms with Gasteiger partial charge in [0.2, 0.25) is 5.91 Å². The Morgan fingerprint density at radius 3 is 2.47 bits per heavy atom. The molecular weight excluding hydrogens is 435 g/mol. The molecule has 3 aromatic carbocycles. The van der Waals surface area contributed by atoms with Crippen LogP contribution in [-0.2, 0) is 4.79 Å². The molecule has 3 rings (SSSR count). The summed E-state index contributed by atoms with van der Waals surface area (Å²) < 4.78 is 0. The highest BCUT2D eigenvalue weighted by molar-refractivity contribution is 7.99. The molecule has 0 aromatic heterocycles. The third kappa shape index (κ3) is 5.79. The molecular formula is C24H20Cl2N2OS. The molecule has 3 aromatic rings. The topological polar surface area (TPSA) is 52.9 Å². The summed E-state index contributed by atoms with van der Waals surface area (Å²) in [5.74, 6) is 0.105. The fourth-order valence-electron chi connectivity index (χ4n) is 3.03. The lowest BCUT2D eigenvalue weighted by atomic mass is 9.91. The van der Waals surface area contributed by atoms with Gasteiger partial charge in [-0.3, -0.25) is 4.79 Å². The number of hydrogen-bond acceptors (Lipinski definition) is 3. The van der Waals surface area contributed by atoms with Gasteiger partial charge >= 0.3 is 0 Å². The number of amides is 1. The summed E-state index contributed by atoms with van der Waals surface area (Å²) in [7, 11) is 0. The molecule has 0 fully saturated rings. The zero-order valence-electron chi connectivity index (χ0n) is 16.4. The van der Waals surface area contributed by atoms with Crippen LogP contribution < -0.4 is 5.32 Å². The average Bonchev–Trinajstić information content (AvgIpc) is 2.74. The first-order valence-electron chi connectivity index (χ1n) is 9.40. The number of carbonyl (C=O) groups excluding carboxylic acids is 1. The molecule has 1 atom stereocenters. The van der Waals surface area contributed by atoms with Gasteiger partial charge < -0.3 is 5.32 Å². The molecule has 0 aliphatic rings. The number of carbonyl (C=O) groups is 1. The Labute approximate surface area is 191 Å². The number of nitrogens with zero attached hydrogens (tertiary/aromatic N) is 1. The van der Waals surface area contributed by atoms with Crippen LogP contribution in [0.2, 0.25) is 10.0 Å². The first-order valence-corrected chi connectivity index (χ1v) is 11.1. The van der Waals surface area contributed by atoms with Crippen molar-refractivity contribution in [2.24, 2.45) is 0 Å². The lowest BCUT2D eigenvalue weighted by Gasteiger charge is -2.16. The maximum absolute atomic E-state index is 12.4. The summed E-state index contributed by atoms with van der Waals surface area (Å²) in [4.78, 5) is 13.5. The Bertz CT molecular complexity index is 1060. The van der Waals surface area contributed by atoms with E-state index in [0.29, 0.717) is 33.5 Å². The minimum Gasteiger partial charge on any atom is -0.326 e. The van der Waals surface area contributed by atoms with Crippen molar-refractivity contribution in [1.29, 1.82) is 5.26 Å². The van der Waals surface area contributed by atoms with E-state index in [9.17, 15) is 10.1 Å². The lowest BCUT2D eigenvalue weighted by molar-refractivity contribution is -0.115. The fraction of sp³-hybridized carbons (Fsp3) is 0.167. The van der Waals surface area contributed by atoms with E-state index in [4.69, 9.17) is 23.2 Å². The Balaban J connectivity index is 1.68. The maximum Gasteiger partial charge on any atom is 0.225 e. The maximum atomic E-state index is 12.4. The normalized spacial score (nSPS) is 11.5. The predicted octanol–water partition coefficient (Wildman–Crippen LogP) is 7.08. The number of anilines is 1. The van der Waals surface area contributed by atoms with Crippen molar-refractivity contribution in [3.05, 3.63) is 93.5 Å². The second kappa shape index (κ2) is 10.5. The lowest BCUT2D eigenvalue weighted by Crippen LogP contribution is -2.13. The summed E-state index contributed by atoms with van der Waals surface area (Å²) in [6, 6.07) is 23.0. The fourth-order valence-corrected chi connectivity index (χ4v) is 4.30. The number of aryl methyl sites for hydroxylation is 1. The molecule has 0 saturated carbocycles. The number of nitrogens with one attached hydrogen (secondary N) is 1. The first-order chi connectivity index (χ1) is 14.5. The van der Waals surface area contributed by atoms with Gasteiger partial charge in [-0.05, 0) is 53.9 Å². The summed E-state index contributed by atoms with van der Waals surface area (Å²) in [5, 5.41) is 13.7. The molecule has 0 spiro atoms. The van der Waals surface area contributed by atoms with Crippen LogP contribution in [0.1, 0.15) is 29.0 Å². The van der Waals surface area contributed by atoms with Crippen molar-refractivity contribution >= 4 is 46.6 Å². The minimum atomic E-state index is -0.513. The highest BCUT2D eigenvalue weighted by Gasteiger charge is 2.19. The molecule has 152 valence electrons. The predicted molar refractivity (Wildman–Crippen MR) is 126 cm³/mol. The Hall–Kier alpha value is -2.45. The number of halogens is 2. The third-order valence-corrected chi connectivity index (χ3v) is 6.20. The SMILES string of the molecule is Cc1cc([C@@H](C#N)c2ccc(Cl)cc2)c(Cl)cc1NC(=O)CCSc1ccccc1. The van der Waals surface area contributed by atoms with Crippen molar-refractivity contribution in [3.8, 4) is 6.07 Å². The van der Waals surface area contributed by atoms with Crippen molar-refractivity contribution in [2.75, 3.05) is 11.1 Å². The molecule has 1 N–H and O–H groups in total. The Morgan fingerprint density at radius 2 is 1.80 bits per heavy atom. The van der Waals surface area contributed by atoms with Gasteiger partial charge in [0.25, 0.3) is 0 Å². The number of benzene rings is 3. The van der Waals surface area contributed by atoms with E-state index in [0.717, 1.165) is 16.0 Å². The molecule has 0 unspecified atom stereocenters. The highest BCUT2D eigenvalue weighted by atomic mass is 35.5. The molecule has 30 heavy (non-hydrogen) atoms. The molecule has 0 aliphatic carbocycles. The first kappa shape index (κ1) is 22.2. The summed E-state index contributed by atoms with van der Waals surface area (Å²) >= 11 is 14.1. The second-order valence-corrected chi connectivity index (χ2v) is 8.77. The van der Waals surface area contributed by atoms with E-state index < -0.39 is 5.92 Å². The van der Waals surface area contributed by atoms with E-state index in [1.54, 1.807) is 30.0 Å². The smallest absolute Gasteiger partial charge is 0.225 e. The van der Waals surface area contributed by atoms with Crippen LogP contribution in [0.15, 0.2) is 71.6 Å². The number of nitriles is 1. The van der Waals surface area contributed by atoms with E-state index in [1.165, 1.54) is 0 Å². The molecule has 0 saturated heterocycles. The van der Waals surface area contributed by atoms with Crippen LogP contribution in [-0.4, -0.2) is 11.7 Å². The van der Waals surface area contributed by atoms with Crippen molar-refractivity contribution in [2.45, 2.75) is 24.2 Å². The summed E-state index contributed by atoms with van der Waals surface area (Å²) in [5.41, 5.74) is 3.04. The van der Waals surface area contributed by atoms with E-state index in [2.05, 4.69) is 11.4 Å². The van der Waals surface area contributed by atoms with Crippen LogP contribution >= 0.6 is 35.0 Å². The number of thioether (sulfide) groups is 1. The quantitative estimate of drug-likeness (QED) is 0.388.